The Kier molecular flexibility index (Phi) is 5.58. The highest BCUT2D eigenvalue weighted by atomic mass is 19.1. The summed E-state index contributed by atoms with van der Waals surface area (Å²) in [6.45, 7) is 2.28. The molecule has 0 radical (unpaired) electrons. The van der Waals surface area contributed by atoms with Crippen molar-refractivity contribution in [1.29, 1.82) is 0 Å². The maximum absolute atomic E-state index is 13.1. The molecule has 2 aromatic rings. The van der Waals surface area contributed by atoms with Crippen molar-refractivity contribution in [1.82, 2.24) is 4.90 Å². The Balaban J connectivity index is 1.67. The van der Waals surface area contributed by atoms with Crippen molar-refractivity contribution in [3.8, 4) is 5.75 Å². The summed E-state index contributed by atoms with van der Waals surface area (Å²) in [6, 6.07) is 14.1. The first-order chi connectivity index (χ1) is 10.1. The number of halogens is 1. The topological polar surface area (TPSA) is 38.5 Å². The van der Waals surface area contributed by atoms with Crippen LogP contribution in [0.3, 0.4) is 0 Å². The lowest BCUT2D eigenvalue weighted by atomic mass is 10.2. The Bertz CT molecular complexity index is 557. The second-order valence-electron chi connectivity index (χ2n) is 5.14. The molecule has 0 saturated heterocycles. The summed E-state index contributed by atoms with van der Waals surface area (Å²) in [5.41, 5.74) is 7.33. The molecule has 0 fully saturated rings. The van der Waals surface area contributed by atoms with E-state index in [1.165, 1.54) is 6.07 Å². The zero-order valence-electron chi connectivity index (χ0n) is 12.3. The number of benzene rings is 2. The molecule has 2 N–H and O–H groups in total. The van der Waals surface area contributed by atoms with Gasteiger partial charge in [0, 0.05) is 18.8 Å². The van der Waals surface area contributed by atoms with Crippen LogP contribution < -0.4 is 10.5 Å². The first-order valence-electron chi connectivity index (χ1n) is 7.05. The molecule has 0 atom stereocenters. The highest BCUT2D eigenvalue weighted by molar-refractivity contribution is 5.41. The van der Waals surface area contributed by atoms with Crippen LogP contribution in [0.25, 0.3) is 0 Å². The van der Waals surface area contributed by atoms with Crippen molar-refractivity contribution < 1.29 is 9.13 Å². The van der Waals surface area contributed by atoms with Gasteiger partial charge in [-0.05, 0) is 55.4 Å². The minimum absolute atomic E-state index is 0.187. The molecule has 112 valence electrons. The van der Waals surface area contributed by atoms with Crippen molar-refractivity contribution in [3.63, 3.8) is 0 Å². The van der Waals surface area contributed by atoms with Crippen molar-refractivity contribution in [2.45, 2.75) is 13.0 Å². The molecule has 0 aliphatic rings. The fourth-order valence-corrected chi connectivity index (χ4v) is 2.11. The number of hydrogen-bond acceptors (Lipinski definition) is 3. The van der Waals surface area contributed by atoms with Gasteiger partial charge in [-0.3, -0.25) is 0 Å². The molecule has 2 aromatic carbocycles. The van der Waals surface area contributed by atoms with E-state index in [0.717, 1.165) is 36.5 Å². The Morgan fingerprint density at radius 2 is 1.90 bits per heavy atom. The number of rotatable bonds is 7. The first-order valence-corrected chi connectivity index (χ1v) is 7.05. The van der Waals surface area contributed by atoms with Crippen LogP contribution in [0.5, 0.6) is 5.75 Å². The average molecular weight is 288 g/mol. The molecule has 0 spiro atoms. The zero-order valence-corrected chi connectivity index (χ0v) is 12.3. The van der Waals surface area contributed by atoms with Crippen LogP contribution in [0.15, 0.2) is 48.5 Å². The highest BCUT2D eigenvalue weighted by Crippen LogP contribution is 2.13. The van der Waals surface area contributed by atoms with Gasteiger partial charge < -0.3 is 15.4 Å². The summed E-state index contributed by atoms with van der Waals surface area (Å²) in [5.74, 6) is 0.643. The smallest absolute Gasteiger partial charge is 0.123 e. The molecular weight excluding hydrogens is 267 g/mol. The number of nitrogens with zero attached hydrogens (tertiary/aromatic N) is 1. The minimum Gasteiger partial charge on any atom is -0.494 e. The molecular formula is C17H21FN2O. The van der Waals surface area contributed by atoms with Gasteiger partial charge in [-0.1, -0.05) is 12.1 Å². The highest BCUT2D eigenvalue weighted by Gasteiger charge is 2.02. The minimum atomic E-state index is -0.187. The molecule has 21 heavy (non-hydrogen) atoms. The van der Waals surface area contributed by atoms with Gasteiger partial charge in [0.2, 0.25) is 0 Å². The Morgan fingerprint density at radius 1 is 1.14 bits per heavy atom. The van der Waals surface area contributed by atoms with E-state index >= 15 is 0 Å². The number of hydrogen-bond donors (Lipinski definition) is 1. The van der Waals surface area contributed by atoms with Crippen LogP contribution in [0.4, 0.5) is 10.1 Å². The van der Waals surface area contributed by atoms with Crippen LogP contribution in [-0.2, 0) is 6.54 Å². The largest absolute Gasteiger partial charge is 0.494 e. The predicted octanol–water partition coefficient (Wildman–Crippen LogP) is 3.31. The molecule has 0 aliphatic carbocycles. The summed E-state index contributed by atoms with van der Waals surface area (Å²) in [7, 11) is 2.02. The van der Waals surface area contributed by atoms with Crippen LogP contribution in [0.2, 0.25) is 0 Å². The third-order valence-corrected chi connectivity index (χ3v) is 3.17. The van der Waals surface area contributed by atoms with Gasteiger partial charge >= 0.3 is 0 Å². The summed E-state index contributed by atoms with van der Waals surface area (Å²) in [4.78, 5) is 2.15. The lowest BCUT2D eigenvalue weighted by Crippen LogP contribution is -2.20. The van der Waals surface area contributed by atoms with Crippen molar-refractivity contribution in [2.75, 3.05) is 25.9 Å². The van der Waals surface area contributed by atoms with E-state index in [1.54, 1.807) is 12.1 Å². The van der Waals surface area contributed by atoms with E-state index in [1.807, 2.05) is 37.4 Å². The quantitative estimate of drug-likeness (QED) is 0.627. The van der Waals surface area contributed by atoms with Gasteiger partial charge in [0.25, 0.3) is 0 Å². The van der Waals surface area contributed by atoms with E-state index in [4.69, 9.17) is 10.5 Å². The SMILES string of the molecule is CN(CCCOc1ccc(N)cc1)Cc1cccc(F)c1. The summed E-state index contributed by atoms with van der Waals surface area (Å²) in [6.07, 6.45) is 0.913. The molecule has 0 bridgehead atoms. The van der Waals surface area contributed by atoms with E-state index in [2.05, 4.69) is 4.90 Å². The van der Waals surface area contributed by atoms with Crippen molar-refractivity contribution in [2.24, 2.45) is 0 Å². The van der Waals surface area contributed by atoms with Gasteiger partial charge in [0.1, 0.15) is 11.6 Å². The molecule has 0 saturated carbocycles. The maximum Gasteiger partial charge on any atom is 0.123 e. The number of anilines is 1. The van der Waals surface area contributed by atoms with Gasteiger partial charge in [0.05, 0.1) is 6.61 Å². The summed E-state index contributed by atoms with van der Waals surface area (Å²) >= 11 is 0. The van der Waals surface area contributed by atoms with Gasteiger partial charge in [-0.15, -0.1) is 0 Å². The van der Waals surface area contributed by atoms with Gasteiger partial charge in [-0.25, -0.2) is 4.39 Å². The second-order valence-corrected chi connectivity index (χ2v) is 5.14. The molecule has 0 unspecified atom stereocenters. The normalized spacial score (nSPS) is 10.8. The zero-order chi connectivity index (χ0) is 15.1. The van der Waals surface area contributed by atoms with E-state index < -0.39 is 0 Å². The molecule has 3 nitrogen and oxygen atoms in total. The van der Waals surface area contributed by atoms with Crippen LogP contribution in [0, 0.1) is 5.82 Å². The second kappa shape index (κ2) is 7.64. The predicted molar refractivity (Wildman–Crippen MR) is 83.7 cm³/mol. The molecule has 0 amide bonds. The standard InChI is InChI=1S/C17H21FN2O/c1-20(13-14-4-2-5-15(18)12-14)10-3-11-21-17-8-6-16(19)7-9-17/h2,4-9,12H,3,10-11,13,19H2,1H3. The van der Waals surface area contributed by atoms with E-state index in [0.29, 0.717) is 6.61 Å². The average Bonchev–Trinajstić information content (AvgIpc) is 2.45. The van der Waals surface area contributed by atoms with Crippen molar-refractivity contribution in [3.05, 3.63) is 59.9 Å². The van der Waals surface area contributed by atoms with E-state index in [-0.39, 0.29) is 5.82 Å². The molecule has 0 aliphatic heterocycles. The Labute approximate surface area is 125 Å². The Hall–Kier alpha value is -2.07. The first kappa shape index (κ1) is 15.3. The number of nitrogen functional groups attached to an aromatic ring is 1. The lowest BCUT2D eigenvalue weighted by molar-refractivity contribution is 0.258. The molecule has 2 rings (SSSR count). The number of ether oxygens (including phenoxy) is 1. The third-order valence-electron chi connectivity index (χ3n) is 3.17. The molecule has 0 heterocycles. The fraction of sp³-hybridized carbons (Fsp3) is 0.294. The third kappa shape index (κ3) is 5.44. The molecule has 0 aromatic heterocycles. The lowest BCUT2D eigenvalue weighted by Gasteiger charge is -2.16. The Morgan fingerprint density at radius 3 is 2.62 bits per heavy atom. The van der Waals surface area contributed by atoms with Crippen LogP contribution in [0.1, 0.15) is 12.0 Å². The van der Waals surface area contributed by atoms with Gasteiger partial charge in [0.15, 0.2) is 0 Å². The van der Waals surface area contributed by atoms with E-state index in [9.17, 15) is 4.39 Å². The van der Waals surface area contributed by atoms with Crippen LogP contribution in [-0.4, -0.2) is 25.1 Å². The molecule has 4 heteroatoms. The fourth-order valence-electron chi connectivity index (χ4n) is 2.11. The van der Waals surface area contributed by atoms with Crippen LogP contribution >= 0.6 is 0 Å². The summed E-state index contributed by atoms with van der Waals surface area (Å²) in [5, 5.41) is 0. The monoisotopic (exact) mass is 288 g/mol. The summed E-state index contributed by atoms with van der Waals surface area (Å²) < 4.78 is 18.7. The van der Waals surface area contributed by atoms with Crippen molar-refractivity contribution >= 4 is 5.69 Å². The number of nitrogens with two attached hydrogens (primary N) is 1. The maximum atomic E-state index is 13.1. The van der Waals surface area contributed by atoms with Gasteiger partial charge in [-0.2, -0.15) is 0 Å².